The molecule has 33 heteroatoms. The van der Waals surface area contributed by atoms with E-state index < -0.39 is 80.8 Å². The van der Waals surface area contributed by atoms with Crippen molar-refractivity contribution in [3.8, 4) is 0 Å². The van der Waals surface area contributed by atoms with Gasteiger partial charge in [-0.05, 0) is 448 Å². The van der Waals surface area contributed by atoms with Crippen LogP contribution in [0.15, 0.2) is 0 Å². The van der Waals surface area contributed by atoms with Crippen molar-refractivity contribution in [3.05, 3.63) is 24.4 Å². The molecular formula is C101H155Cl3F12O10Rf4Si4-4. The van der Waals surface area contributed by atoms with Crippen LogP contribution in [0.3, 0.4) is 0 Å². The third-order valence-corrected chi connectivity index (χ3v) is 48.4. The van der Waals surface area contributed by atoms with Crippen LogP contribution in [0.25, 0.3) is 0 Å². The van der Waals surface area contributed by atoms with Crippen molar-refractivity contribution in [2.24, 2.45) is 284 Å². The minimum atomic E-state index is -4.53. The largest absolute Gasteiger partial charge is 0.554 e. The average molecular weight is 3040 g/mol. The second-order valence-corrected chi connectivity index (χ2v) is 71.8. The van der Waals surface area contributed by atoms with Gasteiger partial charge in [-0.25, -0.2) is 52.7 Å². The molecule has 26 fully saturated rings. The Morgan fingerprint density at radius 3 is 0.545 bits per heavy atom. The number of aliphatic hydroxyl groups excluding tert-OH is 4. The molecule has 134 heavy (non-hydrogen) atoms. The third kappa shape index (κ3) is 17.9. The quantitative estimate of drug-likeness (QED) is 0.0366. The number of hydrogen-bond acceptors (Lipinski definition) is 10. The Labute approximate surface area is 786 Å². The van der Waals surface area contributed by atoms with Crippen LogP contribution >= 0.6 is 33.2 Å². The predicted octanol–water partition coefficient (Wildman–Crippen LogP) is 27.4. The summed E-state index contributed by atoms with van der Waals surface area (Å²) in [5.41, 5.74) is 0. The van der Waals surface area contributed by atoms with E-state index in [4.69, 9.17) is 59.8 Å². The molecule has 0 radical (unpaired) electrons. The van der Waals surface area contributed by atoms with E-state index in [2.05, 4.69) is 26.2 Å². The molecule has 0 heterocycles. The summed E-state index contributed by atoms with van der Waals surface area (Å²) in [5, 5.41) is 38.1. The molecule has 48 unspecified atom stereocenters. The predicted molar refractivity (Wildman–Crippen MR) is 484 cm³/mol. The van der Waals surface area contributed by atoms with Gasteiger partial charge in [0.25, 0.3) is 24.7 Å². The topological polar surface area (TPSA) is 136 Å². The summed E-state index contributed by atoms with van der Waals surface area (Å²) in [7, 11) is -0.284. The molecule has 0 amide bonds. The zero-order chi connectivity index (χ0) is 92.9. The van der Waals surface area contributed by atoms with E-state index in [1.54, 1.807) is 27.9 Å². The van der Waals surface area contributed by atoms with Crippen molar-refractivity contribution in [2.75, 3.05) is 41.2 Å². The molecule has 0 aromatic carbocycles. The van der Waals surface area contributed by atoms with Crippen LogP contribution in [0.1, 0.15) is 207 Å². The molecule has 26 saturated carbocycles. The van der Waals surface area contributed by atoms with Crippen molar-refractivity contribution >= 4 is 64.9 Å². The standard InChI is InChI=1S/C25H32F3O.3C20H26F3O.C7H18O3Si.C4H12O3Si.C4H12Si.CH3Cl3Si.4Rf/c26-25(27,28)18(29)6-11-4-12-5-13(11)22-17-8-16(21(12)22)23-14-7-15(24(17)23)20-10-2-1-9(3-10)19(14)20;3*21-20(22,23)15(24)6-10-4-11-5-12(10)19-14-7-13(18(11)19)16-8-1-2-9(3-8)17(14)16;1-5-8-11(4,9-6-2)10-7-3;1-5-8(4,6-2)7-3;2*1-5(2,3)4;;;;/h9-17,19-24,29H,1-8H2;3*8-14,16-19,24H,1-7H2;5-7H2,1-4H3;1-4H3;1-4H3;1H3;;;;/q4*-1;;;;;;;;. The molecule has 752 valence electrons. The van der Waals surface area contributed by atoms with Crippen LogP contribution in [-0.4, -0.2) is 118 Å². The van der Waals surface area contributed by atoms with Gasteiger partial charge < -0.3 is 47.0 Å². The minimum absolute atomic E-state index is 0. The normalized spacial score (nSPS) is 48.7. The van der Waals surface area contributed by atoms with Crippen molar-refractivity contribution in [1.82, 2.24) is 0 Å². The van der Waals surface area contributed by atoms with Crippen molar-refractivity contribution in [1.29, 1.82) is 0 Å². The number of fused-ring (bicyclic) bond motifs is 71. The fraction of sp³-hybridized carbons (Fsp3) is 0.960. The molecule has 0 aromatic rings. The van der Waals surface area contributed by atoms with Gasteiger partial charge in [0.2, 0.25) is 0 Å². The van der Waals surface area contributed by atoms with Crippen molar-refractivity contribution in [2.45, 2.75) is 278 Å². The number of alkyl halides is 12. The molecule has 0 saturated heterocycles. The maximum Gasteiger partial charge on any atom is 0.497 e. The van der Waals surface area contributed by atoms with E-state index >= 15 is 0 Å². The summed E-state index contributed by atoms with van der Waals surface area (Å²) in [5.74, 6) is 37.8. The molecule has 48 atom stereocenters. The Kier molecular flexibility index (Phi) is 29.4. The molecule has 4 N–H and O–H groups in total. The molecule has 26 aliphatic rings. The van der Waals surface area contributed by atoms with Gasteiger partial charge in [-0.2, -0.15) is 0 Å². The molecule has 0 aliphatic heterocycles. The molecular weight excluding hydrogens is 2890 g/mol. The first-order valence-corrected chi connectivity index (χ1v) is 66.2. The van der Waals surface area contributed by atoms with Crippen LogP contribution in [0.4, 0.5) is 52.7 Å². The van der Waals surface area contributed by atoms with E-state index in [0.717, 1.165) is 234 Å². The Balaban J connectivity index is 0.000000123. The number of hydrogen-bond donors (Lipinski definition) is 4. The third-order valence-electron chi connectivity index (χ3n) is 43.8. The van der Waals surface area contributed by atoms with Crippen LogP contribution in [0.2, 0.25) is 45.8 Å². The first-order chi connectivity index (χ1) is 61.1. The van der Waals surface area contributed by atoms with Gasteiger partial charge in [0.15, 0.2) is 0 Å². The Morgan fingerprint density at radius 1 is 0.246 bits per heavy atom. The Hall–Kier alpha value is -3.50. The van der Waals surface area contributed by atoms with Crippen molar-refractivity contribution in [3.63, 3.8) is 0 Å². The first-order valence-electron chi connectivity index (χ1n) is 52.2. The number of halogens is 15. The van der Waals surface area contributed by atoms with Gasteiger partial charge >= 0.3 is 23.6 Å². The van der Waals surface area contributed by atoms with Crippen LogP contribution in [0.5, 0.6) is 0 Å². The molecule has 26 rings (SSSR count). The van der Waals surface area contributed by atoms with Gasteiger partial charge in [-0.15, -0.1) is 58.9 Å². The van der Waals surface area contributed by atoms with E-state index in [9.17, 15) is 73.1 Å². The molecule has 10 nitrogen and oxygen atoms in total. The van der Waals surface area contributed by atoms with Gasteiger partial charge in [-0.1, -0.05) is 74.3 Å². The van der Waals surface area contributed by atoms with Crippen LogP contribution in [0, 0.1) is 308 Å². The van der Waals surface area contributed by atoms with E-state index in [-0.39, 0.29) is 49.4 Å². The summed E-state index contributed by atoms with van der Waals surface area (Å²) in [4.78, 5) is 0. The van der Waals surface area contributed by atoms with E-state index in [0.29, 0.717) is 90.8 Å². The van der Waals surface area contributed by atoms with E-state index in [1.807, 2.05) is 33.9 Å². The van der Waals surface area contributed by atoms with Crippen LogP contribution < -0.4 is 0 Å². The average Bonchev–Trinajstić information content (AvgIpc) is 1.47. The summed E-state index contributed by atoms with van der Waals surface area (Å²) in [6.07, 6.45) is 9.68. The SMILES string of the molecule is CCO[Si](C)(OCC)OCC.CO[Si](C)(OC)OC.C[Si](C)(C)C.C[Si](Cl)(Cl)Cl.O[C-](CC1CC2CC1C1C3CC(C21)C1C2CC(C4C5CCC(C5)C24)C31)C(F)(F)F.O[C-](CC1CC2CC1C1C3CC(C4C5CCC(C5)C34)C21)C(F)(F)F.O[C-](CC1CC2CC1C1C3CC(C4C5CCC(C5)C34)C21)C(F)(F)F.O[C-](CC1CC2CC1C1C3CC(C4C5CCC(C5)C34)C21)C(F)(F)F.[Rf].[Rf].[Rf].[Rf]. The second-order valence-electron chi connectivity index (χ2n) is 50.2. The first kappa shape index (κ1) is 105. The van der Waals surface area contributed by atoms with Crippen LogP contribution in [-0.2, 0) is 26.6 Å². The Morgan fingerprint density at radius 2 is 0.396 bits per heavy atom. The molecule has 26 aliphatic carbocycles. The van der Waals surface area contributed by atoms with Crippen molar-refractivity contribution < 1.29 is 99.7 Å². The number of aliphatic hydroxyl groups is 4. The minimum Gasteiger partial charge on any atom is -0.554 e. The summed E-state index contributed by atoms with van der Waals surface area (Å²) >= 11 is 15.6. The summed E-state index contributed by atoms with van der Waals surface area (Å²) in [6, 6.07) is -2.19. The van der Waals surface area contributed by atoms with Gasteiger partial charge in [-0.3, -0.25) is 0 Å². The summed E-state index contributed by atoms with van der Waals surface area (Å²) in [6.45, 7) is 22.5. The van der Waals surface area contributed by atoms with Gasteiger partial charge in [0.05, 0.1) is 0 Å². The van der Waals surface area contributed by atoms with Gasteiger partial charge in [0, 0.05) is 62.3 Å². The monoisotopic (exact) mass is 3040 g/mol. The molecule has 0 aromatic heterocycles. The number of rotatable bonds is 17. The smallest absolute Gasteiger partial charge is 0.497 e. The maximum atomic E-state index is 13.0. The maximum absolute atomic E-state index is 13.0. The molecule has 0 spiro atoms. The zero-order valence-corrected chi connectivity index (χ0v) is 114. The fourth-order valence-corrected chi connectivity index (χ4v) is 44.8. The summed E-state index contributed by atoms with van der Waals surface area (Å²) < 4.78 is 185. The zero-order valence-electron chi connectivity index (χ0n) is 82.1. The molecule has 26 bridgehead atoms. The second kappa shape index (κ2) is 37.6. The fourth-order valence-electron chi connectivity index (χ4n) is 42.5. The van der Waals surface area contributed by atoms with E-state index in [1.165, 1.54) is 116 Å². The Bertz CT molecular complexity index is 3660. The van der Waals surface area contributed by atoms with Gasteiger partial charge in [0.1, 0.15) is 0 Å².